The normalized spacial score (nSPS) is 35.0. The Labute approximate surface area is 171 Å². The van der Waals surface area contributed by atoms with Gasteiger partial charge in [0.1, 0.15) is 24.9 Å². The number of hydrogen-bond donors (Lipinski definition) is 1. The lowest BCUT2D eigenvalue weighted by molar-refractivity contribution is -0.290. The molecule has 0 saturated carbocycles. The number of carbonyl (C=O) groups excluding carboxylic acids is 1. The SMILES string of the molecule is CCN(CC)C(=O)NS(=O)(=O)OCC12OCC3OC(C)(C)OC3C1OC(C)(C)O2. The van der Waals surface area contributed by atoms with Crippen LogP contribution in [-0.2, 0) is 38.2 Å². The summed E-state index contributed by atoms with van der Waals surface area (Å²) >= 11 is 0. The quantitative estimate of drug-likeness (QED) is 0.638. The fourth-order valence-corrected chi connectivity index (χ4v) is 4.54. The van der Waals surface area contributed by atoms with Gasteiger partial charge < -0.3 is 28.6 Å². The van der Waals surface area contributed by atoms with Crippen LogP contribution < -0.4 is 4.72 Å². The Morgan fingerprint density at radius 3 is 2.38 bits per heavy atom. The van der Waals surface area contributed by atoms with Crippen LogP contribution in [0.15, 0.2) is 0 Å². The molecule has 0 aromatic rings. The monoisotopic (exact) mass is 438 g/mol. The first-order chi connectivity index (χ1) is 13.3. The van der Waals surface area contributed by atoms with E-state index in [0.717, 1.165) is 0 Å². The molecule has 3 rings (SSSR count). The zero-order valence-electron chi connectivity index (χ0n) is 17.6. The van der Waals surface area contributed by atoms with Crippen molar-refractivity contribution in [2.24, 2.45) is 0 Å². The van der Waals surface area contributed by atoms with Crippen LogP contribution in [0.3, 0.4) is 0 Å². The summed E-state index contributed by atoms with van der Waals surface area (Å²) in [7, 11) is -4.40. The van der Waals surface area contributed by atoms with E-state index in [-0.39, 0.29) is 12.7 Å². The van der Waals surface area contributed by atoms with E-state index in [9.17, 15) is 13.2 Å². The molecule has 0 aromatic carbocycles. The Morgan fingerprint density at radius 2 is 1.76 bits per heavy atom. The van der Waals surface area contributed by atoms with Gasteiger partial charge in [-0.1, -0.05) is 0 Å². The Bertz CT molecular complexity index is 737. The second-order valence-corrected chi connectivity index (χ2v) is 9.45. The van der Waals surface area contributed by atoms with Crippen molar-refractivity contribution in [1.29, 1.82) is 0 Å². The summed E-state index contributed by atoms with van der Waals surface area (Å²) < 4.78 is 61.1. The Hall–Kier alpha value is -1.02. The van der Waals surface area contributed by atoms with E-state index in [1.54, 1.807) is 41.5 Å². The second-order valence-electron chi connectivity index (χ2n) is 8.10. The first kappa shape index (κ1) is 22.7. The number of fused-ring (bicyclic) bond motifs is 3. The number of hydrogen-bond acceptors (Lipinski definition) is 9. The van der Waals surface area contributed by atoms with Crippen molar-refractivity contribution in [1.82, 2.24) is 9.62 Å². The lowest BCUT2D eigenvalue weighted by Gasteiger charge is -2.40. The maximum absolute atomic E-state index is 12.3. The number of ether oxygens (including phenoxy) is 5. The summed E-state index contributed by atoms with van der Waals surface area (Å²) in [5, 5.41) is 0. The Kier molecular flexibility index (Phi) is 5.93. The molecule has 0 spiro atoms. The smallest absolute Gasteiger partial charge is 0.343 e. The van der Waals surface area contributed by atoms with Crippen LogP contribution in [0.2, 0.25) is 0 Å². The molecule has 0 aromatic heterocycles. The highest BCUT2D eigenvalue weighted by atomic mass is 32.2. The van der Waals surface area contributed by atoms with Gasteiger partial charge in [0.2, 0.25) is 5.79 Å². The van der Waals surface area contributed by atoms with Gasteiger partial charge in [0.25, 0.3) is 0 Å². The van der Waals surface area contributed by atoms with Gasteiger partial charge in [-0.05, 0) is 41.5 Å². The standard InChI is InChI=1S/C17H30N2O9S/c1-7-19(8-2)14(20)18-29(21,22)24-10-17-13(27-16(5,6)28-17)12-11(9-23-17)25-15(3,4)26-12/h11-13H,7-10H2,1-6H3,(H,18,20). The van der Waals surface area contributed by atoms with Gasteiger partial charge in [0, 0.05) is 13.1 Å². The number of amides is 2. The molecule has 2 amide bonds. The van der Waals surface area contributed by atoms with Gasteiger partial charge in [0.15, 0.2) is 11.6 Å². The van der Waals surface area contributed by atoms with Crippen molar-refractivity contribution in [3.63, 3.8) is 0 Å². The zero-order chi connectivity index (χ0) is 21.7. The molecule has 168 valence electrons. The maximum Gasteiger partial charge on any atom is 0.363 e. The number of nitrogens with zero attached hydrogens (tertiary/aromatic N) is 1. The summed E-state index contributed by atoms with van der Waals surface area (Å²) in [6.07, 6.45) is -1.71. The van der Waals surface area contributed by atoms with E-state index in [1.807, 2.05) is 4.72 Å². The summed E-state index contributed by atoms with van der Waals surface area (Å²) in [4.78, 5) is 13.4. The molecule has 0 aliphatic carbocycles. The highest BCUT2D eigenvalue weighted by Gasteiger charge is 2.65. The van der Waals surface area contributed by atoms with E-state index < -0.39 is 52.5 Å². The van der Waals surface area contributed by atoms with Crippen molar-refractivity contribution >= 4 is 16.3 Å². The van der Waals surface area contributed by atoms with Crippen LogP contribution in [0.25, 0.3) is 0 Å². The van der Waals surface area contributed by atoms with Gasteiger partial charge in [-0.3, -0.25) is 0 Å². The number of urea groups is 1. The Morgan fingerprint density at radius 1 is 1.10 bits per heavy atom. The van der Waals surface area contributed by atoms with Crippen LogP contribution in [0.1, 0.15) is 41.5 Å². The van der Waals surface area contributed by atoms with Crippen molar-refractivity contribution < 1.29 is 41.1 Å². The summed E-state index contributed by atoms with van der Waals surface area (Å²) in [6, 6.07) is -0.771. The lowest BCUT2D eigenvalue weighted by Crippen LogP contribution is -2.61. The number of rotatable bonds is 6. The first-order valence-corrected chi connectivity index (χ1v) is 11.1. The maximum atomic E-state index is 12.3. The van der Waals surface area contributed by atoms with Gasteiger partial charge in [-0.15, -0.1) is 0 Å². The van der Waals surface area contributed by atoms with Gasteiger partial charge >= 0.3 is 16.3 Å². The third kappa shape index (κ3) is 4.68. The van der Waals surface area contributed by atoms with Crippen LogP contribution in [-0.4, -0.2) is 81.3 Å². The molecule has 3 fully saturated rings. The molecule has 1 N–H and O–H groups in total. The summed E-state index contributed by atoms with van der Waals surface area (Å²) in [5.74, 6) is -3.43. The fourth-order valence-electron chi connectivity index (χ4n) is 3.82. The molecular formula is C17H30N2O9S. The average molecular weight is 438 g/mol. The van der Waals surface area contributed by atoms with Crippen molar-refractivity contribution in [2.75, 3.05) is 26.3 Å². The number of carbonyl (C=O) groups is 1. The van der Waals surface area contributed by atoms with E-state index in [2.05, 4.69) is 0 Å². The van der Waals surface area contributed by atoms with E-state index in [4.69, 9.17) is 27.9 Å². The van der Waals surface area contributed by atoms with E-state index in [0.29, 0.717) is 13.1 Å². The predicted molar refractivity (Wildman–Crippen MR) is 98.9 cm³/mol. The van der Waals surface area contributed by atoms with Crippen molar-refractivity contribution in [3.8, 4) is 0 Å². The molecule has 3 aliphatic rings. The second kappa shape index (κ2) is 7.59. The zero-order valence-corrected chi connectivity index (χ0v) is 18.4. The fraction of sp³-hybridized carbons (Fsp3) is 0.941. The molecule has 12 heteroatoms. The largest absolute Gasteiger partial charge is 0.363 e. The summed E-state index contributed by atoms with van der Waals surface area (Å²) in [6.45, 7) is 10.7. The van der Waals surface area contributed by atoms with Crippen molar-refractivity contribution in [3.05, 3.63) is 0 Å². The summed E-state index contributed by atoms with van der Waals surface area (Å²) in [5.41, 5.74) is 0. The lowest BCUT2D eigenvalue weighted by atomic mass is 9.98. The number of nitrogens with one attached hydrogen (secondary N) is 1. The predicted octanol–water partition coefficient (Wildman–Crippen LogP) is 0.697. The van der Waals surface area contributed by atoms with E-state index >= 15 is 0 Å². The molecule has 3 saturated heterocycles. The topological polar surface area (TPSA) is 122 Å². The molecule has 3 aliphatic heterocycles. The van der Waals surface area contributed by atoms with Gasteiger partial charge in [-0.25, -0.2) is 13.7 Å². The van der Waals surface area contributed by atoms with Gasteiger partial charge in [-0.2, -0.15) is 8.42 Å². The van der Waals surface area contributed by atoms with Crippen molar-refractivity contribution in [2.45, 2.75) is 77.2 Å². The highest BCUT2D eigenvalue weighted by Crippen LogP contribution is 2.47. The molecular weight excluding hydrogens is 408 g/mol. The van der Waals surface area contributed by atoms with Crippen LogP contribution in [0.5, 0.6) is 0 Å². The Balaban J connectivity index is 1.74. The highest BCUT2D eigenvalue weighted by molar-refractivity contribution is 7.85. The van der Waals surface area contributed by atoms with Crippen LogP contribution in [0.4, 0.5) is 4.79 Å². The third-order valence-electron chi connectivity index (χ3n) is 4.95. The first-order valence-electron chi connectivity index (χ1n) is 9.65. The molecule has 0 bridgehead atoms. The minimum Gasteiger partial charge on any atom is -0.343 e. The van der Waals surface area contributed by atoms with E-state index in [1.165, 1.54) is 4.90 Å². The van der Waals surface area contributed by atoms with Crippen LogP contribution in [0, 0.1) is 0 Å². The minimum atomic E-state index is -4.40. The average Bonchev–Trinajstić information content (AvgIpc) is 3.05. The third-order valence-corrected chi connectivity index (χ3v) is 5.81. The molecule has 4 unspecified atom stereocenters. The van der Waals surface area contributed by atoms with Crippen LogP contribution >= 0.6 is 0 Å². The molecule has 4 atom stereocenters. The minimum absolute atomic E-state index is 0.110. The molecule has 3 heterocycles. The van der Waals surface area contributed by atoms with Gasteiger partial charge in [0.05, 0.1) is 6.61 Å². The molecule has 0 radical (unpaired) electrons. The molecule has 29 heavy (non-hydrogen) atoms. The molecule has 11 nitrogen and oxygen atoms in total.